The van der Waals surface area contributed by atoms with Crippen LogP contribution in [0.3, 0.4) is 0 Å². The highest BCUT2D eigenvalue weighted by Gasteiger charge is 2.57. The van der Waals surface area contributed by atoms with E-state index in [-0.39, 0.29) is 0 Å². The number of hydrogen-bond acceptors (Lipinski definition) is 1. The van der Waals surface area contributed by atoms with Crippen LogP contribution in [0.5, 0.6) is 0 Å². The molecule has 0 amide bonds. The zero-order chi connectivity index (χ0) is 18.9. The van der Waals surface area contributed by atoms with Crippen molar-refractivity contribution in [3.05, 3.63) is 36.3 Å². The van der Waals surface area contributed by atoms with Gasteiger partial charge in [0.1, 0.15) is 5.65 Å². The molecule has 0 saturated heterocycles. The Morgan fingerprint density at radius 1 is 0.964 bits per heavy atom. The van der Waals surface area contributed by atoms with Crippen LogP contribution in [0.1, 0.15) is 83.2 Å². The molecule has 4 aliphatic rings. The van der Waals surface area contributed by atoms with E-state index in [1.54, 1.807) is 0 Å². The molecule has 0 aromatic carbocycles. The standard InChI is InChI=1S/C26H36N2/c1-17-6-8-19-18(15-17)7-9-21-20(19)12-13-26(2)22(21)10-11-23(26)24-16-28-14-4-3-5-25(28)27-24/h3-5,14,16-23H,6-13,15H2,1-2H3. The van der Waals surface area contributed by atoms with Gasteiger partial charge in [-0.1, -0.05) is 26.3 Å². The minimum Gasteiger partial charge on any atom is -0.307 e. The molecule has 150 valence electrons. The van der Waals surface area contributed by atoms with Crippen LogP contribution in [0.2, 0.25) is 0 Å². The summed E-state index contributed by atoms with van der Waals surface area (Å²) in [6.45, 7) is 5.14. The van der Waals surface area contributed by atoms with E-state index in [2.05, 4.69) is 48.8 Å². The van der Waals surface area contributed by atoms with Gasteiger partial charge in [-0.25, -0.2) is 4.98 Å². The van der Waals surface area contributed by atoms with E-state index in [0.717, 1.165) is 41.2 Å². The Balaban J connectivity index is 1.29. The molecule has 2 heteroatoms. The van der Waals surface area contributed by atoms with Crippen molar-refractivity contribution >= 4 is 5.65 Å². The van der Waals surface area contributed by atoms with Gasteiger partial charge in [-0.3, -0.25) is 0 Å². The third kappa shape index (κ3) is 2.48. The van der Waals surface area contributed by atoms with E-state index >= 15 is 0 Å². The molecular formula is C26H36N2. The summed E-state index contributed by atoms with van der Waals surface area (Å²) >= 11 is 0. The van der Waals surface area contributed by atoms with E-state index in [0.29, 0.717) is 11.3 Å². The van der Waals surface area contributed by atoms with Gasteiger partial charge in [-0.05, 0) is 104 Å². The molecular weight excluding hydrogens is 340 g/mol. The van der Waals surface area contributed by atoms with Crippen LogP contribution in [0.25, 0.3) is 5.65 Å². The van der Waals surface area contributed by atoms with Gasteiger partial charge in [0.05, 0.1) is 5.69 Å². The van der Waals surface area contributed by atoms with Gasteiger partial charge >= 0.3 is 0 Å². The van der Waals surface area contributed by atoms with Crippen LogP contribution in [-0.2, 0) is 0 Å². The molecule has 0 bridgehead atoms. The Bertz CT molecular complexity index is 835. The van der Waals surface area contributed by atoms with Crippen LogP contribution in [0, 0.1) is 40.9 Å². The first kappa shape index (κ1) is 17.5. The lowest BCUT2D eigenvalue weighted by atomic mass is 9.49. The molecule has 28 heavy (non-hydrogen) atoms. The summed E-state index contributed by atoms with van der Waals surface area (Å²) in [5.74, 6) is 6.78. The predicted molar refractivity (Wildman–Crippen MR) is 114 cm³/mol. The number of aromatic nitrogens is 2. The lowest BCUT2D eigenvalue weighted by Gasteiger charge is -2.56. The van der Waals surface area contributed by atoms with Crippen molar-refractivity contribution in [1.82, 2.24) is 9.38 Å². The molecule has 2 aromatic rings. The van der Waals surface area contributed by atoms with Gasteiger partial charge in [0, 0.05) is 18.3 Å². The summed E-state index contributed by atoms with van der Waals surface area (Å²) in [6, 6.07) is 6.38. The van der Waals surface area contributed by atoms with E-state index in [1.165, 1.54) is 63.5 Å². The molecule has 2 nitrogen and oxygen atoms in total. The smallest absolute Gasteiger partial charge is 0.136 e. The average molecular weight is 377 g/mol. The van der Waals surface area contributed by atoms with E-state index in [1.807, 2.05) is 0 Å². The lowest BCUT2D eigenvalue weighted by Crippen LogP contribution is -2.48. The van der Waals surface area contributed by atoms with Crippen LogP contribution >= 0.6 is 0 Å². The van der Waals surface area contributed by atoms with Crippen molar-refractivity contribution in [2.75, 3.05) is 0 Å². The number of hydrogen-bond donors (Lipinski definition) is 0. The molecule has 4 aliphatic carbocycles. The second kappa shape index (κ2) is 6.34. The van der Waals surface area contributed by atoms with Gasteiger partial charge in [-0.2, -0.15) is 0 Å². The fourth-order valence-corrected chi connectivity index (χ4v) is 8.70. The van der Waals surface area contributed by atoms with Gasteiger partial charge in [0.2, 0.25) is 0 Å². The molecule has 0 spiro atoms. The second-order valence-electron chi connectivity index (χ2n) is 11.2. The fraction of sp³-hybridized carbons (Fsp3) is 0.731. The minimum atomic E-state index is 0.480. The summed E-state index contributed by atoms with van der Waals surface area (Å²) in [6.07, 6.45) is 17.8. The first-order valence-electron chi connectivity index (χ1n) is 12.1. The average Bonchev–Trinajstić information content (AvgIpc) is 3.27. The van der Waals surface area contributed by atoms with Gasteiger partial charge in [0.15, 0.2) is 0 Å². The quantitative estimate of drug-likeness (QED) is 0.541. The van der Waals surface area contributed by atoms with Crippen molar-refractivity contribution in [3.8, 4) is 0 Å². The van der Waals surface area contributed by atoms with E-state index in [4.69, 9.17) is 4.98 Å². The Morgan fingerprint density at radius 3 is 2.75 bits per heavy atom. The Labute approximate surface area is 170 Å². The normalized spacial score (nSPS) is 45.4. The first-order chi connectivity index (χ1) is 13.6. The van der Waals surface area contributed by atoms with Gasteiger partial charge < -0.3 is 4.40 Å². The zero-order valence-electron chi connectivity index (χ0n) is 17.7. The van der Waals surface area contributed by atoms with Crippen LogP contribution in [0.15, 0.2) is 30.6 Å². The summed E-state index contributed by atoms with van der Waals surface area (Å²) in [4.78, 5) is 5.07. The maximum atomic E-state index is 5.07. The predicted octanol–water partition coefficient (Wildman–Crippen LogP) is 6.71. The first-order valence-corrected chi connectivity index (χ1v) is 12.1. The molecule has 4 saturated carbocycles. The topological polar surface area (TPSA) is 17.3 Å². The Morgan fingerprint density at radius 2 is 1.86 bits per heavy atom. The summed E-state index contributed by atoms with van der Waals surface area (Å²) < 4.78 is 2.23. The van der Waals surface area contributed by atoms with Crippen molar-refractivity contribution in [1.29, 1.82) is 0 Å². The molecule has 0 N–H and O–H groups in total. The van der Waals surface area contributed by atoms with Crippen molar-refractivity contribution in [3.63, 3.8) is 0 Å². The van der Waals surface area contributed by atoms with Crippen LogP contribution in [0.4, 0.5) is 0 Å². The molecule has 8 atom stereocenters. The molecule has 2 aromatic heterocycles. The summed E-state index contributed by atoms with van der Waals surface area (Å²) in [5, 5.41) is 0. The summed E-state index contributed by atoms with van der Waals surface area (Å²) in [5.41, 5.74) is 2.97. The number of fused-ring (bicyclic) bond motifs is 6. The highest BCUT2D eigenvalue weighted by atomic mass is 15.0. The van der Waals surface area contributed by atoms with Crippen molar-refractivity contribution in [2.45, 2.75) is 77.6 Å². The van der Waals surface area contributed by atoms with Gasteiger partial charge in [0.25, 0.3) is 0 Å². The van der Waals surface area contributed by atoms with Crippen LogP contribution < -0.4 is 0 Å². The summed E-state index contributed by atoms with van der Waals surface area (Å²) in [7, 11) is 0. The number of pyridine rings is 1. The third-order valence-electron chi connectivity index (χ3n) is 9.96. The molecule has 8 unspecified atom stereocenters. The fourth-order valence-electron chi connectivity index (χ4n) is 8.70. The SMILES string of the molecule is CC1CCC2C(CCC3C2CCC2(C)C(c4cn5ccccc5n4)CCC32)C1. The van der Waals surface area contributed by atoms with E-state index < -0.39 is 0 Å². The largest absolute Gasteiger partial charge is 0.307 e. The molecule has 2 heterocycles. The van der Waals surface area contributed by atoms with Crippen molar-refractivity contribution < 1.29 is 0 Å². The van der Waals surface area contributed by atoms with Crippen LogP contribution in [-0.4, -0.2) is 9.38 Å². The highest BCUT2D eigenvalue weighted by molar-refractivity contribution is 5.40. The maximum Gasteiger partial charge on any atom is 0.136 e. The Hall–Kier alpha value is -1.31. The lowest BCUT2D eigenvalue weighted by molar-refractivity contribution is -0.0597. The Kier molecular flexibility index (Phi) is 3.97. The zero-order valence-corrected chi connectivity index (χ0v) is 17.7. The van der Waals surface area contributed by atoms with Crippen molar-refractivity contribution in [2.24, 2.45) is 40.9 Å². The maximum absolute atomic E-state index is 5.07. The second-order valence-corrected chi connectivity index (χ2v) is 11.2. The highest BCUT2D eigenvalue weighted by Crippen LogP contribution is 2.66. The third-order valence-corrected chi connectivity index (χ3v) is 9.96. The number of rotatable bonds is 1. The molecule has 0 radical (unpaired) electrons. The molecule has 0 aliphatic heterocycles. The minimum absolute atomic E-state index is 0.480. The van der Waals surface area contributed by atoms with Gasteiger partial charge in [-0.15, -0.1) is 0 Å². The molecule has 6 rings (SSSR count). The number of imidazole rings is 1. The molecule has 4 fully saturated rings. The van der Waals surface area contributed by atoms with E-state index in [9.17, 15) is 0 Å². The number of nitrogens with zero attached hydrogens (tertiary/aromatic N) is 2. The monoisotopic (exact) mass is 376 g/mol.